The van der Waals surface area contributed by atoms with Crippen molar-refractivity contribution in [2.45, 2.75) is 38.0 Å². The second kappa shape index (κ2) is 8.42. The van der Waals surface area contributed by atoms with Gasteiger partial charge in [0.25, 0.3) is 0 Å². The summed E-state index contributed by atoms with van der Waals surface area (Å²) in [5.41, 5.74) is 2.26. The number of aryl methyl sites for hydroxylation is 1. The predicted octanol–water partition coefficient (Wildman–Crippen LogP) is 0.0654. The summed E-state index contributed by atoms with van der Waals surface area (Å²) in [6, 6.07) is 4.78. The van der Waals surface area contributed by atoms with Crippen LogP contribution in [0.25, 0.3) is 0 Å². The number of halogens is 3. The fourth-order valence-corrected chi connectivity index (χ4v) is 4.80. The van der Waals surface area contributed by atoms with Crippen molar-refractivity contribution in [2.24, 2.45) is 0 Å². The summed E-state index contributed by atoms with van der Waals surface area (Å²) in [5, 5.41) is 0. The number of amides is 3. The predicted molar refractivity (Wildman–Crippen MR) is 112 cm³/mol. The molecule has 4 rings (SSSR count). The minimum absolute atomic E-state index is 0.0173. The second-order valence-electron chi connectivity index (χ2n) is 8.55. The molecule has 0 saturated carbocycles. The van der Waals surface area contributed by atoms with E-state index in [4.69, 9.17) is 7.85 Å². The zero-order chi connectivity index (χ0) is 23.2. The van der Waals surface area contributed by atoms with Crippen LogP contribution in [0.15, 0.2) is 18.2 Å². The number of nitrogens with zero attached hydrogens (tertiary/aromatic N) is 4. The van der Waals surface area contributed by atoms with Crippen molar-refractivity contribution in [1.82, 2.24) is 14.7 Å². The highest BCUT2D eigenvalue weighted by Crippen LogP contribution is 2.32. The summed E-state index contributed by atoms with van der Waals surface area (Å²) >= 11 is 0. The first kappa shape index (κ1) is 22.6. The number of fused-ring (bicyclic) bond motifs is 1. The Hall–Kier alpha value is -2.56. The molecule has 3 aliphatic rings. The largest absolute Gasteiger partial charge is 0.471 e. The Morgan fingerprint density at radius 2 is 1.69 bits per heavy atom. The Balaban J connectivity index is 1.34. The number of alkyl halides is 3. The molecule has 0 bridgehead atoms. The number of rotatable bonds is 2. The summed E-state index contributed by atoms with van der Waals surface area (Å²) in [6.45, 7) is 3.07. The minimum Gasteiger partial charge on any atom is -0.338 e. The van der Waals surface area contributed by atoms with Gasteiger partial charge in [0.2, 0.25) is 11.8 Å². The second-order valence-corrected chi connectivity index (χ2v) is 8.55. The zero-order valence-corrected chi connectivity index (χ0v) is 17.8. The van der Waals surface area contributed by atoms with Gasteiger partial charge in [-0.3, -0.25) is 24.2 Å². The third-order valence-corrected chi connectivity index (χ3v) is 6.52. The van der Waals surface area contributed by atoms with Gasteiger partial charge in [0.05, 0.1) is 0 Å². The smallest absolute Gasteiger partial charge is 0.338 e. The molecule has 3 aliphatic heterocycles. The monoisotopic (exact) mass is 448 g/mol. The van der Waals surface area contributed by atoms with Gasteiger partial charge in [-0.15, -0.1) is 0 Å². The zero-order valence-electron chi connectivity index (χ0n) is 17.8. The molecule has 11 heteroatoms. The van der Waals surface area contributed by atoms with Crippen molar-refractivity contribution < 1.29 is 27.6 Å². The lowest BCUT2D eigenvalue weighted by atomic mass is 9.88. The molecule has 0 aliphatic carbocycles. The van der Waals surface area contributed by atoms with E-state index in [0.717, 1.165) is 10.5 Å². The number of anilines is 1. The maximum atomic E-state index is 13.2. The normalized spacial score (nSPS) is 22.4. The number of hydrogen-bond acceptors (Lipinski definition) is 4. The van der Waals surface area contributed by atoms with E-state index in [2.05, 4.69) is 0 Å². The molecule has 170 valence electrons. The van der Waals surface area contributed by atoms with E-state index in [0.29, 0.717) is 50.2 Å². The number of hydrogen-bond donors (Lipinski definition) is 0. The van der Waals surface area contributed by atoms with Crippen LogP contribution < -0.4 is 10.4 Å². The Kier molecular flexibility index (Phi) is 5.95. The Labute approximate surface area is 185 Å². The van der Waals surface area contributed by atoms with Crippen LogP contribution in [0.1, 0.15) is 18.9 Å². The first-order valence-corrected chi connectivity index (χ1v) is 10.6. The van der Waals surface area contributed by atoms with E-state index in [-0.39, 0.29) is 30.9 Å². The van der Waals surface area contributed by atoms with Gasteiger partial charge >= 0.3 is 12.1 Å². The molecule has 7 nitrogen and oxygen atoms in total. The van der Waals surface area contributed by atoms with Gasteiger partial charge in [-0.25, -0.2) is 0 Å². The molecule has 0 spiro atoms. The molecule has 2 fully saturated rings. The van der Waals surface area contributed by atoms with Crippen molar-refractivity contribution in [1.29, 1.82) is 0 Å². The molecule has 2 saturated heterocycles. The molecular weight excluding hydrogens is 424 g/mol. The topological polar surface area (TPSA) is 64.2 Å². The van der Waals surface area contributed by atoms with E-state index in [1.807, 2.05) is 11.0 Å². The quantitative estimate of drug-likeness (QED) is 0.601. The number of piperazine rings is 1. The van der Waals surface area contributed by atoms with Crippen molar-refractivity contribution in [3.05, 3.63) is 23.8 Å². The van der Waals surface area contributed by atoms with E-state index < -0.39 is 18.1 Å². The van der Waals surface area contributed by atoms with Crippen molar-refractivity contribution in [2.75, 3.05) is 44.2 Å². The van der Waals surface area contributed by atoms with Gasteiger partial charge in [0.1, 0.15) is 13.9 Å². The van der Waals surface area contributed by atoms with Gasteiger partial charge in [-0.05, 0) is 24.5 Å². The molecule has 0 N–H and O–H groups in total. The summed E-state index contributed by atoms with van der Waals surface area (Å²) in [6.07, 6.45) is -3.70. The van der Waals surface area contributed by atoms with Gasteiger partial charge in [-0.2, -0.15) is 13.2 Å². The maximum absolute atomic E-state index is 13.2. The highest BCUT2D eigenvalue weighted by molar-refractivity contribution is 6.32. The molecule has 1 aromatic rings. The van der Waals surface area contributed by atoms with Gasteiger partial charge in [-0.1, -0.05) is 17.6 Å². The number of carbonyl (C=O) groups excluding carboxylic acids is 3. The lowest BCUT2D eigenvalue weighted by molar-refractivity contribution is -0.187. The lowest BCUT2D eigenvalue weighted by Gasteiger charge is -2.50. The first-order chi connectivity index (χ1) is 15.1. The fraction of sp³-hybridized carbons (Fsp3) is 0.571. The van der Waals surface area contributed by atoms with E-state index >= 15 is 0 Å². The van der Waals surface area contributed by atoms with Crippen LogP contribution in [0.2, 0.25) is 0 Å². The van der Waals surface area contributed by atoms with E-state index in [1.54, 1.807) is 17.0 Å². The van der Waals surface area contributed by atoms with Crippen LogP contribution in [-0.4, -0.2) is 97.8 Å². The van der Waals surface area contributed by atoms with E-state index in [9.17, 15) is 27.6 Å². The summed E-state index contributed by atoms with van der Waals surface area (Å²) < 4.78 is 37.8. The maximum Gasteiger partial charge on any atom is 0.471 e. The number of benzene rings is 1. The Morgan fingerprint density at radius 1 is 1.03 bits per heavy atom. The molecular formula is C21H24BF3N4O3. The molecule has 32 heavy (non-hydrogen) atoms. The average molecular weight is 448 g/mol. The number of carbonyl (C=O) groups is 3. The van der Waals surface area contributed by atoms with Crippen molar-refractivity contribution in [3.63, 3.8) is 0 Å². The summed E-state index contributed by atoms with van der Waals surface area (Å²) in [4.78, 5) is 43.0. The molecule has 1 atom stereocenters. The van der Waals surface area contributed by atoms with Crippen LogP contribution in [0.4, 0.5) is 18.9 Å². The lowest BCUT2D eigenvalue weighted by Crippen LogP contribution is -2.67. The third kappa shape index (κ3) is 4.22. The Morgan fingerprint density at radius 3 is 2.28 bits per heavy atom. The van der Waals surface area contributed by atoms with Gasteiger partial charge in [0, 0.05) is 57.9 Å². The van der Waals surface area contributed by atoms with Gasteiger partial charge < -0.3 is 9.80 Å². The SMILES string of the molecule is [B]c1ccc2c(c1)CCC(C(=O)N1CC(N3CCN(C(=O)C(F)(F)F)CC3)C1)N2C(C)=O. The molecule has 1 aromatic carbocycles. The van der Waals surface area contributed by atoms with Crippen LogP contribution in [0.5, 0.6) is 0 Å². The summed E-state index contributed by atoms with van der Waals surface area (Å²) in [5.74, 6) is -2.13. The van der Waals surface area contributed by atoms with Crippen LogP contribution in [0.3, 0.4) is 0 Å². The molecule has 0 aromatic heterocycles. The van der Waals surface area contributed by atoms with Crippen LogP contribution in [-0.2, 0) is 20.8 Å². The first-order valence-electron chi connectivity index (χ1n) is 10.6. The fourth-order valence-electron chi connectivity index (χ4n) is 4.80. The minimum atomic E-state index is -4.85. The van der Waals surface area contributed by atoms with Crippen molar-refractivity contribution in [3.8, 4) is 0 Å². The average Bonchev–Trinajstić information content (AvgIpc) is 2.70. The third-order valence-electron chi connectivity index (χ3n) is 6.52. The molecule has 3 amide bonds. The van der Waals surface area contributed by atoms with E-state index in [1.165, 1.54) is 11.8 Å². The van der Waals surface area contributed by atoms with Gasteiger partial charge in [0.15, 0.2) is 0 Å². The Bertz CT molecular complexity index is 927. The summed E-state index contributed by atoms with van der Waals surface area (Å²) in [7, 11) is 5.85. The molecule has 3 heterocycles. The highest BCUT2D eigenvalue weighted by Gasteiger charge is 2.45. The highest BCUT2D eigenvalue weighted by atomic mass is 19.4. The molecule has 1 unspecified atom stereocenters. The van der Waals surface area contributed by atoms with Crippen molar-refractivity contribution >= 4 is 36.7 Å². The number of likely N-dealkylation sites (tertiary alicyclic amines) is 1. The molecule has 2 radical (unpaired) electrons. The standard InChI is InChI=1S/C21H24BF3N4O3/c1-13(30)29-17-5-3-15(22)10-14(17)2-4-18(29)19(31)28-11-16(12-28)26-6-8-27(9-7-26)20(32)21(23,24)25/h3,5,10,16,18H,2,4,6-9,11-12H2,1H3. The van der Waals surface area contributed by atoms with Crippen LogP contribution in [0, 0.1) is 0 Å². The van der Waals surface area contributed by atoms with Crippen LogP contribution >= 0.6 is 0 Å².